The van der Waals surface area contributed by atoms with E-state index in [4.69, 9.17) is 26.1 Å². The Morgan fingerprint density at radius 3 is 2.41 bits per heavy atom. The van der Waals surface area contributed by atoms with E-state index in [0.717, 1.165) is 87.1 Å². The summed E-state index contributed by atoms with van der Waals surface area (Å²) in [6.07, 6.45) is 7.97. The second kappa shape index (κ2) is 19.0. The molecule has 5 aliphatic rings. The second-order valence-electron chi connectivity index (χ2n) is 18.1. The highest BCUT2D eigenvalue weighted by Crippen LogP contribution is 2.37. The fourth-order valence-corrected chi connectivity index (χ4v) is 9.96. The van der Waals surface area contributed by atoms with Crippen LogP contribution in [0.4, 0.5) is 23.1 Å². The molecule has 1 unspecified atom stereocenters. The van der Waals surface area contributed by atoms with E-state index >= 15 is 0 Å². The number of nitrogens with zero attached hydrogens (tertiary/aromatic N) is 6. The van der Waals surface area contributed by atoms with Gasteiger partial charge in [-0.25, -0.2) is 4.98 Å². The highest BCUT2D eigenvalue weighted by molar-refractivity contribution is 6.33. The number of nitrogens with one attached hydrogen (secondary N) is 4. The molecule has 1 saturated carbocycles. The molecule has 0 radical (unpaired) electrons. The number of halogens is 1. The number of hydrogen-bond donors (Lipinski definition) is 4. The predicted molar refractivity (Wildman–Crippen MR) is 248 cm³/mol. The maximum atomic E-state index is 13.6. The first-order valence-electron chi connectivity index (χ1n) is 22.9. The molecule has 0 spiro atoms. The van der Waals surface area contributed by atoms with Crippen LogP contribution in [0.1, 0.15) is 92.0 Å². The zero-order valence-corrected chi connectivity index (χ0v) is 38.1. The van der Waals surface area contributed by atoms with Crippen molar-refractivity contribution in [1.82, 2.24) is 35.4 Å². The van der Waals surface area contributed by atoms with Crippen molar-refractivity contribution in [1.29, 1.82) is 0 Å². The third-order valence-corrected chi connectivity index (χ3v) is 13.7. The van der Waals surface area contributed by atoms with Crippen molar-refractivity contribution in [3.63, 3.8) is 0 Å². The van der Waals surface area contributed by atoms with Gasteiger partial charge in [0.15, 0.2) is 18.2 Å². The Hall–Kier alpha value is -6.11. The Balaban J connectivity index is 0.722. The summed E-state index contributed by atoms with van der Waals surface area (Å²) in [6, 6.07) is 11.8. The van der Waals surface area contributed by atoms with Gasteiger partial charge >= 0.3 is 0 Å². The van der Waals surface area contributed by atoms with Crippen LogP contribution in [0.3, 0.4) is 0 Å². The minimum atomic E-state index is -0.985. The molecule has 1 aliphatic carbocycles. The number of rotatable bonds is 14. The number of benzene rings is 2. The summed E-state index contributed by atoms with van der Waals surface area (Å²) in [5.74, 6) is -0.783. The molecule has 6 heterocycles. The largest absolute Gasteiger partial charge is 0.478 e. The number of fused-ring (bicyclic) bond motifs is 2. The van der Waals surface area contributed by atoms with Crippen LogP contribution < -0.4 is 41.4 Å². The van der Waals surface area contributed by atoms with E-state index in [1.165, 1.54) is 7.05 Å². The molecular weight excluding hydrogens is 868 g/mol. The second-order valence-corrected chi connectivity index (χ2v) is 18.5. The van der Waals surface area contributed by atoms with Gasteiger partial charge in [-0.1, -0.05) is 17.7 Å². The molecule has 2 aromatic heterocycles. The normalized spacial score (nSPS) is 21.6. The lowest BCUT2D eigenvalue weighted by molar-refractivity contribution is -0.136. The van der Waals surface area contributed by atoms with E-state index in [0.29, 0.717) is 51.3 Å². The molecule has 0 bridgehead atoms. The quantitative estimate of drug-likeness (QED) is 0.130. The monoisotopic (exact) mass is 922 g/mol. The van der Waals surface area contributed by atoms with Gasteiger partial charge < -0.3 is 39.8 Å². The molecule has 2 aromatic carbocycles. The molecule has 4 aromatic rings. The Labute approximate surface area is 386 Å². The van der Waals surface area contributed by atoms with Crippen LogP contribution in [0, 0.1) is 5.92 Å². The fraction of sp³-hybridized carbons (Fsp3) is 0.489. The van der Waals surface area contributed by atoms with E-state index in [2.05, 4.69) is 36.1 Å². The van der Waals surface area contributed by atoms with Crippen molar-refractivity contribution >= 4 is 75.2 Å². The molecule has 18 nitrogen and oxygen atoms in total. The lowest BCUT2D eigenvalue weighted by Gasteiger charge is -2.43. The Morgan fingerprint density at radius 2 is 1.68 bits per heavy atom. The molecule has 4 aliphatic heterocycles. The average molecular weight is 923 g/mol. The van der Waals surface area contributed by atoms with Crippen LogP contribution in [-0.2, 0) is 19.1 Å². The summed E-state index contributed by atoms with van der Waals surface area (Å²) < 4.78 is 13.9. The minimum Gasteiger partial charge on any atom is -0.478 e. The average Bonchev–Trinajstić information content (AvgIpc) is 3.55. The molecule has 4 N–H and O–H groups in total. The lowest BCUT2D eigenvalue weighted by Crippen LogP contribution is -2.54. The topological polar surface area (TPSA) is 209 Å². The van der Waals surface area contributed by atoms with E-state index in [1.807, 2.05) is 38.1 Å². The van der Waals surface area contributed by atoms with Gasteiger partial charge in [-0.05, 0) is 95.2 Å². The van der Waals surface area contributed by atoms with Crippen molar-refractivity contribution in [2.24, 2.45) is 5.92 Å². The molecule has 5 amide bonds. The van der Waals surface area contributed by atoms with Gasteiger partial charge in [-0.2, -0.15) is 4.98 Å². The SMILES string of the molecule is CNC(=O)COc1cc2cc(Nc3nc(N4CCC(OC5CCC(NCC6CN(c7cccc8c7C(=O)N(C7CCC(=O)NC7=O)C8=O)C6)CC5)CC4)ncc3Cl)ccc2n(C(C)C)c1=O. The molecule has 3 saturated heterocycles. The van der Waals surface area contributed by atoms with Gasteiger partial charge in [0.2, 0.25) is 17.8 Å². The number of carbonyl (C=O) groups is 5. The van der Waals surface area contributed by atoms with Gasteiger partial charge in [0, 0.05) is 75.3 Å². The number of anilines is 4. The summed E-state index contributed by atoms with van der Waals surface area (Å²) in [4.78, 5) is 90.8. The van der Waals surface area contributed by atoms with E-state index < -0.39 is 29.7 Å². The van der Waals surface area contributed by atoms with Gasteiger partial charge in [0.05, 0.1) is 40.7 Å². The molecule has 1 atom stereocenters. The lowest BCUT2D eigenvalue weighted by atomic mass is 9.91. The van der Waals surface area contributed by atoms with Crippen LogP contribution >= 0.6 is 11.6 Å². The summed E-state index contributed by atoms with van der Waals surface area (Å²) in [5, 5.41) is 13.0. The smallest absolute Gasteiger partial charge is 0.293 e. The maximum Gasteiger partial charge on any atom is 0.293 e. The van der Waals surface area contributed by atoms with Crippen LogP contribution in [0.2, 0.25) is 5.02 Å². The number of hydrogen-bond acceptors (Lipinski definition) is 14. The third-order valence-electron chi connectivity index (χ3n) is 13.4. The number of aromatic nitrogens is 3. The van der Waals surface area contributed by atoms with Gasteiger partial charge in [-0.15, -0.1) is 0 Å². The molecule has 9 rings (SSSR count). The van der Waals surface area contributed by atoms with Crippen molar-refractivity contribution in [2.45, 2.75) is 95.5 Å². The van der Waals surface area contributed by atoms with Gasteiger partial charge in [0.25, 0.3) is 23.3 Å². The summed E-state index contributed by atoms with van der Waals surface area (Å²) in [6.45, 7) is 7.44. The summed E-state index contributed by atoms with van der Waals surface area (Å²) in [5.41, 5.74) is 2.48. The molecule has 348 valence electrons. The Bertz CT molecular complexity index is 2620. The van der Waals surface area contributed by atoms with Crippen molar-refractivity contribution in [3.05, 3.63) is 75.2 Å². The first kappa shape index (κ1) is 45.1. The van der Waals surface area contributed by atoms with Crippen LogP contribution in [0.25, 0.3) is 10.9 Å². The third kappa shape index (κ3) is 9.18. The summed E-state index contributed by atoms with van der Waals surface area (Å²) in [7, 11) is 1.51. The van der Waals surface area contributed by atoms with E-state index in [1.54, 1.807) is 29.0 Å². The van der Waals surface area contributed by atoms with Gasteiger partial charge in [0.1, 0.15) is 11.1 Å². The van der Waals surface area contributed by atoms with Crippen molar-refractivity contribution < 1.29 is 33.4 Å². The first-order valence-corrected chi connectivity index (χ1v) is 23.3. The zero-order chi connectivity index (χ0) is 46.2. The fourth-order valence-electron chi connectivity index (χ4n) is 9.82. The Kier molecular flexibility index (Phi) is 13.0. The van der Waals surface area contributed by atoms with Crippen molar-refractivity contribution in [2.75, 3.05) is 61.5 Å². The first-order chi connectivity index (χ1) is 31.8. The number of ether oxygens (including phenoxy) is 2. The molecule has 19 heteroatoms. The number of amides is 5. The maximum absolute atomic E-state index is 13.6. The van der Waals surface area contributed by atoms with Crippen LogP contribution in [0.15, 0.2) is 53.5 Å². The molecule has 66 heavy (non-hydrogen) atoms. The number of likely N-dealkylation sites (N-methyl/N-ethyl adjacent to an activating group) is 1. The minimum absolute atomic E-state index is 0.0851. The number of piperidine rings is 2. The van der Waals surface area contributed by atoms with Crippen LogP contribution in [-0.4, -0.2) is 120 Å². The van der Waals surface area contributed by atoms with E-state index in [9.17, 15) is 28.8 Å². The van der Waals surface area contributed by atoms with Crippen molar-refractivity contribution in [3.8, 4) is 5.75 Å². The predicted octanol–water partition coefficient (Wildman–Crippen LogP) is 4.32. The molecular formula is C47H55ClN10O8. The number of imide groups is 2. The summed E-state index contributed by atoms with van der Waals surface area (Å²) >= 11 is 6.60. The molecule has 4 fully saturated rings. The van der Waals surface area contributed by atoms with E-state index in [-0.39, 0.29) is 54.9 Å². The number of pyridine rings is 1. The van der Waals surface area contributed by atoms with Gasteiger partial charge in [-0.3, -0.25) is 39.0 Å². The standard InChI is InChI=1S/C47H55ClN10O8/c1-26(2)57-35-12-9-30(19-28(35)20-38(45(57)63)65-25-40(60)49-3)52-42-34(48)22-51-47(54-42)55-17-15-32(16-18-55)66-31-10-7-29(8-11-31)50-21-27-23-56(24-27)36-6-4-5-33-41(36)46(64)58(44(33)62)37-13-14-39(59)53-43(37)61/h4-6,9,12,19-20,22,26-27,29,31-32,37,50H,7-8,10-11,13-18,21,23-25H2,1-3H3,(H,49,60)(H,51,52,54)(H,53,59,61). The highest BCUT2D eigenvalue weighted by Gasteiger charge is 2.47. The van der Waals surface area contributed by atoms with Crippen LogP contribution in [0.5, 0.6) is 5.75 Å². The highest BCUT2D eigenvalue weighted by atomic mass is 35.5. The zero-order valence-electron chi connectivity index (χ0n) is 37.3. The Morgan fingerprint density at radius 1 is 0.924 bits per heavy atom. The number of carbonyl (C=O) groups excluding carboxylic acids is 5.